The van der Waals surface area contributed by atoms with Gasteiger partial charge in [0, 0.05) is 0 Å². The van der Waals surface area contributed by atoms with Gasteiger partial charge < -0.3 is 12.8 Å². The third kappa shape index (κ3) is 5.80. The maximum Gasteiger partial charge on any atom is 2.00 e. The molecule has 1 fully saturated rings. The average Bonchev–Trinajstić information content (AvgIpc) is 2.32. The minimum absolute atomic E-state index is 0. The first-order valence-corrected chi connectivity index (χ1v) is 6.00. The first-order valence-electron chi connectivity index (χ1n) is 6.00. The van der Waals surface area contributed by atoms with Crippen molar-refractivity contribution in [3.05, 3.63) is 48.7 Å². The molecule has 0 N–H and O–H groups in total. The summed E-state index contributed by atoms with van der Waals surface area (Å²) in [5, 5.41) is 0. The molecule has 0 heterocycles. The first-order chi connectivity index (χ1) is 7.38. The van der Waals surface area contributed by atoms with Crippen LogP contribution in [0.2, 0.25) is 0 Å². The van der Waals surface area contributed by atoms with Gasteiger partial charge in [-0.05, 0) is 0 Å². The molecule has 0 bridgehead atoms. The van der Waals surface area contributed by atoms with Crippen LogP contribution in [0.3, 0.4) is 0 Å². The van der Waals surface area contributed by atoms with E-state index >= 15 is 0 Å². The molecule has 1 aromatic carbocycles. The summed E-state index contributed by atoms with van der Waals surface area (Å²) in [4.78, 5) is 0. The van der Waals surface area contributed by atoms with Crippen molar-refractivity contribution in [3.8, 4) is 0 Å². The maximum absolute atomic E-state index is 2.47. The van der Waals surface area contributed by atoms with Crippen LogP contribution >= 0.6 is 0 Å². The van der Waals surface area contributed by atoms with Crippen molar-refractivity contribution in [2.24, 2.45) is 0 Å². The van der Waals surface area contributed by atoms with Crippen LogP contribution in [0, 0.1) is 12.8 Å². The minimum atomic E-state index is 0. The Hall–Kier alpha value is -0.157. The van der Waals surface area contributed by atoms with E-state index in [0.29, 0.717) is 0 Å². The molecule has 0 radical (unpaired) electrons. The van der Waals surface area contributed by atoms with Crippen LogP contribution in [0.5, 0.6) is 0 Å². The van der Waals surface area contributed by atoms with Crippen molar-refractivity contribution in [1.29, 1.82) is 0 Å². The number of hydrogen-bond donors (Lipinski definition) is 0. The van der Waals surface area contributed by atoms with E-state index in [1.165, 1.54) is 31.2 Å². The Morgan fingerprint density at radius 2 is 1.75 bits per heavy atom. The fourth-order valence-corrected chi connectivity index (χ4v) is 1.95. The van der Waals surface area contributed by atoms with E-state index < -0.39 is 0 Å². The number of hydrogen-bond acceptors (Lipinski definition) is 0. The largest absolute Gasteiger partial charge is 2.00 e. The topological polar surface area (TPSA) is 0 Å². The van der Waals surface area contributed by atoms with Crippen molar-refractivity contribution in [3.63, 3.8) is 0 Å². The van der Waals surface area contributed by atoms with E-state index in [2.05, 4.69) is 36.8 Å². The van der Waals surface area contributed by atoms with Crippen LogP contribution < -0.4 is 0 Å². The molecule has 0 aliphatic heterocycles. The summed E-state index contributed by atoms with van der Waals surface area (Å²) in [6.45, 7) is 4.00. The second-order valence-corrected chi connectivity index (χ2v) is 4.11. The molecule has 0 nitrogen and oxygen atoms in total. The normalized spacial score (nSPS) is 19.0. The fourth-order valence-electron chi connectivity index (χ4n) is 1.95. The van der Waals surface area contributed by atoms with Gasteiger partial charge in [-0.3, -0.25) is 0 Å². The van der Waals surface area contributed by atoms with Gasteiger partial charge in [0.1, 0.15) is 0 Å². The molecular formula is C15H22Zn. The molecule has 0 saturated heterocycles. The molecule has 0 amide bonds. The third-order valence-corrected chi connectivity index (χ3v) is 2.65. The minimum Gasteiger partial charge on any atom is -0.335 e. The monoisotopic (exact) mass is 266 g/mol. The summed E-state index contributed by atoms with van der Waals surface area (Å²) in [6.07, 6.45) is 9.92. The molecule has 1 saturated carbocycles. The molecule has 0 aromatic heterocycles. The van der Waals surface area contributed by atoms with Crippen molar-refractivity contribution in [2.75, 3.05) is 0 Å². The molecule has 1 aromatic rings. The quantitative estimate of drug-likeness (QED) is 0.508. The van der Waals surface area contributed by atoms with E-state index in [9.17, 15) is 0 Å². The summed E-state index contributed by atoms with van der Waals surface area (Å²) in [5.74, 6) is 0.736. The predicted molar refractivity (Wildman–Crippen MR) is 67.6 cm³/mol. The summed E-state index contributed by atoms with van der Waals surface area (Å²) in [7, 11) is 0. The van der Waals surface area contributed by atoms with E-state index in [1.807, 2.05) is 20.3 Å². The van der Waals surface area contributed by atoms with Gasteiger partial charge in [-0.1, -0.05) is 55.2 Å². The van der Waals surface area contributed by atoms with Gasteiger partial charge in [0.15, 0.2) is 0 Å². The zero-order chi connectivity index (χ0) is 10.9. The Bertz CT molecular complexity index is 237. The summed E-state index contributed by atoms with van der Waals surface area (Å²) >= 11 is 0. The van der Waals surface area contributed by atoms with Crippen molar-refractivity contribution >= 4 is 0 Å². The van der Waals surface area contributed by atoms with Crippen LogP contribution in [-0.2, 0) is 19.5 Å². The summed E-state index contributed by atoms with van der Waals surface area (Å²) < 4.78 is 0. The van der Waals surface area contributed by atoms with Crippen LogP contribution in [0.1, 0.15) is 51.0 Å². The molecule has 1 atom stereocenters. The molecule has 16 heavy (non-hydrogen) atoms. The van der Waals surface area contributed by atoms with Gasteiger partial charge in [0.2, 0.25) is 0 Å². The zero-order valence-electron chi connectivity index (χ0n) is 10.7. The van der Waals surface area contributed by atoms with E-state index in [0.717, 1.165) is 5.92 Å². The molecule has 1 aliphatic rings. The summed E-state index contributed by atoms with van der Waals surface area (Å²) in [5.41, 5.74) is 1.50. The van der Waals surface area contributed by atoms with Crippen molar-refractivity contribution < 1.29 is 19.5 Å². The Balaban J connectivity index is 0.000000511. The maximum atomic E-state index is 2.47. The van der Waals surface area contributed by atoms with Crippen LogP contribution in [-0.4, -0.2) is 0 Å². The second kappa shape index (κ2) is 10.0. The zero-order valence-corrected chi connectivity index (χ0v) is 13.6. The molecule has 0 unspecified atom stereocenters. The van der Waals surface area contributed by atoms with Gasteiger partial charge in [0.25, 0.3) is 0 Å². The number of benzene rings is 1. The van der Waals surface area contributed by atoms with Gasteiger partial charge in [0.05, 0.1) is 0 Å². The predicted octanol–water partition coefficient (Wildman–Crippen LogP) is 4.78. The van der Waals surface area contributed by atoms with Gasteiger partial charge in [-0.15, -0.1) is 5.92 Å². The molecule has 0 spiro atoms. The molecule has 1 aliphatic carbocycles. The smallest absolute Gasteiger partial charge is 0.335 e. The molecule has 1 heteroatoms. The second-order valence-electron chi connectivity index (χ2n) is 4.11. The Morgan fingerprint density at radius 3 is 2.25 bits per heavy atom. The van der Waals surface area contributed by atoms with Crippen molar-refractivity contribution in [1.82, 2.24) is 0 Å². The molecule has 2 rings (SSSR count). The number of rotatable bonds is 1. The van der Waals surface area contributed by atoms with Crippen LogP contribution in [0.4, 0.5) is 0 Å². The first kappa shape index (κ1) is 15.8. The van der Waals surface area contributed by atoms with Gasteiger partial charge in [-0.2, -0.15) is 20.3 Å². The Labute approximate surface area is 114 Å². The van der Waals surface area contributed by atoms with E-state index in [1.54, 1.807) is 0 Å². The molecular weight excluding hydrogens is 246 g/mol. The van der Waals surface area contributed by atoms with Crippen LogP contribution in [0.25, 0.3) is 0 Å². The fraction of sp³-hybridized carbons (Fsp3) is 0.467. The van der Waals surface area contributed by atoms with E-state index in [4.69, 9.17) is 0 Å². The Kier molecular flexibility index (Phi) is 9.93. The standard InChI is InChI=1S/C12H15.C3H7.Zn/c1-3-7-11(8-4-1)12-9-5-2-6-10-12;1-3-2;/h1,3-4,7-9,12H,2,5-6,10H2;3H,1-2H3;/q2*-1;+2/t12-;;/m0../s1. The Morgan fingerprint density at radius 1 is 1.12 bits per heavy atom. The van der Waals surface area contributed by atoms with Crippen molar-refractivity contribution in [2.45, 2.75) is 45.4 Å². The van der Waals surface area contributed by atoms with E-state index in [-0.39, 0.29) is 19.5 Å². The van der Waals surface area contributed by atoms with Crippen LogP contribution in [0.15, 0.2) is 30.3 Å². The average molecular weight is 268 g/mol. The van der Waals surface area contributed by atoms with Gasteiger partial charge >= 0.3 is 19.5 Å². The van der Waals surface area contributed by atoms with Gasteiger partial charge in [-0.25, -0.2) is 0 Å². The molecule has 84 valence electrons. The third-order valence-electron chi connectivity index (χ3n) is 2.65. The summed E-state index contributed by atoms with van der Waals surface area (Å²) in [6, 6.07) is 10.8. The SMILES string of the molecule is C[CH-]C.[Zn+2].c1ccc([C@H]2[CH-]CCCC2)cc1.